The smallest absolute Gasteiger partial charge is 0.309 e. The molecule has 0 aliphatic rings. The molecule has 19 heavy (non-hydrogen) atoms. The average molecular weight is 266 g/mol. The lowest BCUT2D eigenvalue weighted by molar-refractivity contribution is -0.136. The molecule has 0 saturated heterocycles. The third kappa shape index (κ3) is 2.47. The van der Waals surface area contributed by atoms with Crippen LogP contribution in [0.5, 0.6) is 0 Å². The second kappa shape index (κ2) is 4.79. The monoisotopic (exact) mass is 266 g/mol. The van der Waals surface area contributed by atoms with Crippen LogP contribution in [0.25, 0.3) is 11.3 Å². The number of carbonyl (C=O) groups is 1. The quantitative estimate of drug-likeness (QED) is 0.927. The van der Waals surface area contributed by atoms with Gasteiger partial charge in [-0.1, -0.05) is 0 Å². The first-order chi connectivity index (χ1) is 8.90. The van der Waals surface area contributed by atoms with Gasteiger partial charge in [-0.15, -0.1) is 0 Å². The minimum Gasteiger partial charge on any atom is -0.481 e. The van der Waals surface area contributed by atoms with Gasteiger partial charge in [-0.25, -0.2) is 8.78 Å². The van der Waals surface area contributed by atoms with Crippen LogP contribution in [0.2, 0.25) is 0 Å². The summed E-state index contributed by atoms with van der Waals surface area (Å²) < 4.78 is 27.6. The molecular weight excluding hydrogens is 254 g/mol. The molecule has 1 aromatic heterocycles. The summed E-state index contributed by atoms with van der Waals surface area (Å²) in [6.07, 6.45) is -0.205. The molecule has 0 amide bonds. The summed E-state index contributed by atoms with van der Waals surface area (Å²) in [5.41, 5.74) is 2.10. The van der Waals surface area contributed by atoms with Crippen LogP contribution in [0.1, 0.15) is 11.3 Å². The Labute approximate surface area is 108 Å². The zero-order valence-electron chi connectivity index (χ0n) is 10.4. The van der Waals surface area contributed by atoms with Crippen LogP contribution in [0, 0.1) is 18.6 Å². The maximum absolute atomic E-state index is 13.2. The summed E-state index contributed by atoms with van der Waals surface area (Å²) in [6, 6.07) is 3.55. The second-order valence-corrected chi connectivity index (χ2v) is 4.24. The zero-order chi connectivity index (χ0) is 14.2. The minimum atomic E-state index is -0.988. The molecule has 0 spiro atoms. The van der Waals surface area contributed by atoms with E-state index in [0.29, 0.717) is 22.5 Å². The van der Waals surface area contributed by atoms with E-state index in [2.05, 4.69) is 5.10 Å². The van der Waals surface area contributed by atoms with Crippen molar-refractivity contribution >= 4 is 5.97 Å². The van der Waals surface area contributed by atoms with Gasteiger partial charge in [0.15, 0.2) is 11.6 Å². The SMILES string of the molecule is Cc1c(CC(=O)O)nn(C)c1-c1ccc(F)c(F)c1. The van der Waals surface area contributed by atoms with Gasteiger partial charge >= 0.3 is 5.97 Å². The Hall–Kier alpha value is -2.24. The Balaban J connectivity index is 2.52. The van der Waals surface area contributed by atoms with Crippen LogP contribution in [-0.2, 0) is 18.3 Å². The van der Waals surface area contributed by atoms with Crippen LogP contribution in [0.4, 0.5) is 8.78 Å². The second-order valence-electron chi connectivity index (χ2n) is 4.24. The molecule has 1 heterocycles. The third-order valence-electron chi connectivity index (χ3n) is 2.89. The molecule has 100 valence electrons. The molecule has 0 bridgehead atoms. The molecule has 4 nitrogen and oxygen atoms in total. The van der Waals surface area contributed by atoms with E-state index in [4.69, 9.17) is 5.11 Å². The molecule has 1 N–H and O–H groups in total. The minimum absolute atomic E-state index is 0.205. The molecule has 0 fully saturated rings. The average Bonchev–Trinajstić information content (AvgIpc) is 2.58. The maximum Gasteiger partial charge on any atom is 0.309 e. The van der Waals surface area contributed by atoms with Gasteiger partial charge in [-0.2, -0.15) is 5.10 Å². The summed E-state index contributed by atoms with van der Waals surface area (Å²) in [5, 5.41) is 12.9. The fourth-order valence-corrected chi connectivity index (χ4v) is 2.04. The summed E-state index contributed by atoms with van der Waals surface area (Å²) in [5.74, 6) is -2.86. The number of halogens is 2. The predicted octanol–water partition coefficient (Wildman–Crippen LogP) is 2.30. The van der Waals surface area contributed by atoms with Crippen LogP contribution >= 0.6 is 0 Å². The summed E-state index contributed by atoms with van der Waals surface area (Å²) in [7, 11) is 1.63. The lowest BCUT2D eigenvalue weighted by Gasteiger charge is -2.04. The number of carboxylic acid groups (broad SMARTS) is 1. The Morgan fingerprint density at radius 2 is 2.05 bits per heavy atom. The summed E-state index contributed by atoms with van der Waals surface area (Å²) in [4.78, 5) is 10.7. The van der Waals surface area contributed by atoms with Gasteiger partial charge in [0.2, 0.25) is 0 Å². The number of rotatable bonds is 3. The van der Waals surface area contributed by atoms with Gasteiger partial charge in [0.25, 0.3) is 0 Å². The molecule has 0 aliphatic carbocycles. The molecule has 2 rings (SSSR count). The first-order valence-electron chi connectivity index (χ1n) is 5.60. The first kappa shape index (κ1) is 13.2. The Bertz CT molecular complexity index is 650. The summed E-state index contributed by atoms with van der Waals surface area (Å²) in [6.45, 7) is 1.71. The van der Waals surface area contributed by atoms with Gasteiger partial charge in [0, 0.05) is 12.6 Å². The molecule has 0 saturated carbocycles. The van der Waals surface area contributed by atoms with Crippen LogP contribution < -0.4 is 0 Å². The van der Waals surface area contributed by atoms with Crippen molar-refractivity contribution in [2.75, 3.05) is 0 Å². The number of hydrogen-bond acceptors (Lipinski definition) is 2. The number of aromatic nitrogens is 2. The van der Waals surface area contributed by atoms with E-state index < -0.39 is 17.6 Å². The fourth-order valence-electron chi connectivity index (χ4n) is 2.04. The highest BCUT2D eigenvalue weighted by Gasteiger charge is 2.17. The van der Waals surface area contributed by atoms with Gasteiger partial charge in [-0.3, -0.25) is 9.48 Å². The lowest BCUT2D eigenvalue weighted by Crippen LogP contribution is -2.02. The number of carboxylic acids is 1. The number of benzene rings is 1. The Kier molecular flexibility index (Phi) is 3.33. The molecule has 6 heteroatoms. The number of hydrogen-bond donors (Lipinski definition) is 1. The molecule has 0 radical (unpaired) electrons. The zero-order valence-corrected chi connectivity index (χ0v) is 10.4. The first-order valence-corrected chi connectivity index (χ1v) is 5.60. The molecule has 2 aromatic rings. The van der Waals surface area contributed by atoms with Gasteiger partial charge in [0.05, 0.1) is 17.8 Å². The van der Waals surface area contributed by atoms with Crippen molar-refractivity contribution in [2.24, 2.45) is 7.05 Å². The van der Waals surface area contributed by atoms with Gasteiger partial charge in [0.1, 0.15) is 0 Å². The molecule has 1 aromatic carbocycles. The molecule has 0 aliphatic heterocycles. The van der Waals surface area contributed by atoms with Crippen molar-refractivity contribution in [1.82, 2.24) is 9.78 Å². The topological polar surface area (TPSA) is 55.1 Å². The maximum atomic E-state index is 13.2. The Morgan fingerprint density at radius 3 is 2.63 bits per heavy atom. The van der Waals surface area contributed by atoms with Gasteiger partial charge < -0.3 is 5.11 Å². The third-order valence-corrected chi connectivity index (χ3v) is 2.89. The standard InChI is InChI=1S/C13H12F2N2O2/c1-7-11(6-12(18)19)16-17(2)13(7)8-3-4-9(14)10(15)5-8/h3-5H,6H2,1-2H3,(H,18,19). The lowest BCUT2D eigenvalue weighted by atomic mass is 10.1. The predicted molar refractivity (Wildman–Crippen MR) is 64.6 cm³/mol. The number of aliphatic carboxylic acids is 1. The normalized spacial score (nSPS) is 10.7. The van der Waals surface area contributed by atoms with Crippen LogP contribution in [0.15, 0.2) is 18.2 Å². The number of nitrogens with zero attached hydrogens (tertiary/aromatic N) is 2. The van der Waals surface area contributed by atoms with Crippen molar-refractivity contribution in [3.05, 3.63) is 41.1 Å². The van der Waals surface area contributed by atoms with E-state index in [1.54, 1.807) is 14.0 Å². The molecular formula is C13H12F2N2O2. The highest BCUT2D eigenvalue weighted by Crippen LogP contribution is 2.26. The van der Waals surface area contributed by atoms with Crippen LogP contribution in [0.3, 0.4) is 0 Å². The van der Waals surface area contributed by atoms with Crippen LogP contribution in [-0.4, -0.2) is 20.9 Å². The van der Waals surface area contributed by atoms with Crippen molar-refractivity contribution in [3.8, 4) is 11.3 Å². The van der Waals surface area contributed by atoms with E-state index in [0.717, 1.165) is 12.1 Å². The van der Waals surface area contributed by atoms with E-state index in [1.807, 2.05) is 0 Å². The van der Waals surface area contributed by atoms with Crippen molar-refractivity contribution in [2.45, 2.75) is 13.3 Å². The van der Waals surface area contributed by atoms with Crippen molar-refractivity contribution in [1.29, 1.82) is 0 Å². The van der Waals surface area contributed by atoms with E-state index in [9.17, 15) is 13.6 Å². The Morgan fingerprint density at radius 1 is 1.37 bits per heavy atom. The van der Waals surface area contributed by atoms with E-state index in [-0.39, 0.29) is 6.42 Å². The van der Waals surface area contributed by atoms with Crippen molar-refractivity contribution < 1.29 is 18.7 Å². The molecule has 0 unspecified atom stereocenters. The fraction of sp³-hybridized carbons (Fsp3) is 0.231. The largest absolute Gasteiger partial charge is 0.481 e. The van der Waals surface area contributed by atoms with Gasteiger partial charge in [-0.05, 0) is 30.7 Å². The highest BCUT2D eigenvalue weighted by atomic mass is 19.2. The molecule has 0 atom stereocenters. The highest BCUT2D eigenvalue weighted by molar-refractivity contribution is 5.72. The number of aryl methyl sites for hydroxylation is 1. The van der Waals surface area contributed by atoms with E-state index >= 15 is 0 Å². The van der Waals surface area contributed by atoms with Crippen molar-refractivity contribution in [3.63, 3.8) is 0 Å². The van der Waals surface area contributed by atoms with E-state index in [1.165, 1.54) is 10.7 Å². The summed E-state index contributed by atoms with van der Waals surface area (Å²) >= 11 is 0.